The summed E-state index contributed by atoms with van der Waals surface area (Å²) in [7, 11) is 0. The molecule has 0 unspecified atom stereocenters. The van der Waals surface area contributed by atoms with E-state index in [-0.39, 0.29) is 10.7 Å². The van der Waals surface area contributed by atoms with Crippen LogP contribution in [-0.4, -0.2) is 26.2 Å². The van der Waals surface area contributed by atoms with Gasteiger partial charge < -0.3 is 5.32 Å². The molecule has 96 valence electrons. The number of carbonyl (C=O) groups is 1. The lowest BCUT2D eigenvalue weighted by atomic mass is 10.3. The van der Waals surface area contributed by atoms with Crippen LogP contribution in [-0.2, 0) is 11.3 Å². The number of hydrogen-bond acceptors (Lipinski definition) is 3. The van der Waals surface area contributed by atoms with E-state index in [4.69, 9.17) is 0 Å². The average Bonchev–Trinajstić information content (AvgIpc) is 2.62. The van der Waals surface area contributed by atoms with Gasteiger partial charge in [-0.05, 0) is 6.42 Å². The summed E-state index contributed by atoms with van der Waals surface area (Å²) in [4.78, 5) is 11.7. The standard InChI is InChI=1S/C12H21N3OS/c1-5-6-15-8-10(7-13-15)14-11(16)9-17-12(2,3)4/h7-8H,5-6,9H2,1-4H3,(H,14,16). The van der Waals surface area contributed by atoms with Crippen LogP contribution in [0, 0.1) is 0 Å². The molecule has 4 nitrogen and oxygen atoms in total. The second kappa shape index (κ2) is 6.10. The van der Waals surface area contributed by atoms with Gasteiger partial charge in [-0.1, -0.05) is 27.7 Å². The fraction of sp³-hybridized carbons (Fsp3) is 0.667. The van der Waals surface area contributed by atoms with E-state index in [9.17, 15) is 4.79 Å². The van der Waals surface area contributed by atoms with Gasteiger partial charge in [0.15, 0.2) is 0 Å². The van der Waals surface area contributed by atoms with Crippen molar-refractivity contribution < 1.29 is 4.79 Å². The lowest BCUT2D eigenvalue weighted by Crippen LogP contribution is -2.18. The first-order chi connectivity index (χ1) is 7.90. The Morgan fingerprint density at radius 2 is 2.24 bits per heavy atom. The zero-order chi connectivity index (χ0) is 12.9. The van der Waals surface area contributed by atoms with E-state index >= 15 is 0 Å². The molecule has 0 aromatic carbocycles. The highest BCUT2D eigenvalue weighted by molar-refractivity contribution is 8.01. The van der Waals surface area contributed by atoms with Crippen molar-refractivity contribution in [2.24, 2.45) is 0 Å². The number of carbonyl (C=O) groups excluding carboxylic acids is 1. The molecule has 0 atom stereocenters. The molecule has 0 radical (unpaired) electrons. The number of aromatic nitrogens is 2. The van der Waals surface area contributed by atoms with E-state index in [1.165, 1.54) is 0 Å². The molecular weight excluding hydrogens is 234 g/mol. The van der Waals surface area contributed by atoms with Gasteiger partial charge in [0.05, 0.1) is 17.6 Å². The van der Waals surface area contributed by atoms with Crippen molar-refractivity contribution in [1.82, 2.24) is 9.78 Å². The molecule has 0 saturated heterocycles. The maximum absolute atomic E-state index is 11.7. The number of nitrogens with zero attached hydrogens (tertiary/aromatic N) is 2. The molecular formula is C12H21N3OS. The third-order valence-corrected chi connectivity index (χ3v) is 3.28. The Morgan fingerprint density at radius 3 is 2.82 bits per heavy atom. The smallest absolute Gasteiger partial charge is 0.234 e. The topological polar surface area (TPSA) is 46.9 Å². The van der Waals surface area contributed by atoms with Crippen LogP contribution in [0.25, 0.3) is 0 Å². The molecule has 0 saturated carbocycles. The van der Waals surface area contributed by atoms with Gasteiger partial charge in [-0.15, -0.1) is 11.8 Å². The minimum Gasteiger partial charge on any atom is -0.323 e. The number of amides is 1. The Kier molecular flexibility index (Phi) is 5.05. The summed E-state index contributed by atoms with van der Waals surface area (Å²) < 4.78 is 1.95. The lowest BCUT2D eigenvalue weighted by Gasteiger charge is -2.16. The number of nitrogens with one attached hydrogen (secondary N) is 1. The van der Waals surface area contributed by atoms with Crippen LogP contribution in [0.2, 0.25) is 0 Å². The van der Waals surface area contributed by atoms with Crippen molar-refractivity contribution in [3.63, 3.8) is 0 Å². The van der Waals surface area contributed by atoms with Gasteiger partial charge in [0.2, 0.25) is 5.91 Å². The van der Waals surface area contributed by atoms with Crippen molar-refractivity contribution in [3.8, 4) is 0 Å². The van der Waals surface area contributed by atoms with Gasteiger partial charge in [0, 0.05) is 17.5 Å². The Morgan fingerprint density at radius 1 is 1.53 bits per heavy atom. The van der Waals surface area contributed by atoms with Gasteiger partial charge in [0.25, 0.3) is 0 Å². The van der Waals surface area contributed by atoms with E-state index in [2.05, 4.69) is 38.1 Å². The summed E-state index contributed by atoms with van der Waals surface area (Å²) in [5.41, 5.74) is 0.776. The third kappa shape index (κ3) is 5.77. The molecule has 0 fully saturated rings. The van der Waals surface area contributed by atoms with Crippen LogP contribution in [0.3, 0.4) is 0 Å². The predicted octanol–water partition coefficient (Wildman–Crippen LogP) is 2.76. The molecule has 0 aliphatic carbocycles. The average molecular weight is 255 g/mol. The minimum absolute atomic E-state index is 0.0287. The van der Waals surface area contributed by atoms with Gasteiger partial charge in [-0.25, -0.2) is 0 Å². The highest BCUT2D eigenvalue weighted by Gasteiger charge is 2.13. The van der Waals surface area contributed by atoms with Crippen molar-refractivity contribution in [2.45, 2.75) is 45.4 Å². The second-order valence-electron chi connectivity index (χ2n) is 4.94. The molecule has 1 aromatic heterocycles. The molecule has 0 aliphatic heterocycles. The molecule has 1 heterocycles. The highest BCUT2D eigenvalue weighted by Crippen LogP contribution is 2.22. The van der Waals surface area contributed by atoms with E-state index < -0.39 is 0 Å². The van der Waals surface area contributed by atoms with Crippen molar-refractivity contribution in [1.29, 1.82) is 0 Å². The van der Waals surface area contributed by atoms with Gasteiger partial charge in [0.1, 0.15) is 0 Å². The normalized spacial score (nSPS) is 11.5. The van der Waals surface area contributed by atoms with Crippen LogP contribution < -0.4 is 5.32 Å². The number of hydrogen-bond donors (Lipinski definition) is 1. The number of anilines is 1. The third-order valence-electron chi connectivity index (χ3n) is 2.01. The maximum Gasteiger partial charge on any atom is 0.234 e. The Balaban J connectivity index is 2.39. The summed E-state index contributed by atoms with van der Waals surface area (Å²) in [6, 6.07) is 0. The largest absolute Gasteiger partial charge is 0.323 e. The van der Waals surface area contributed by atoms with E-state index in [1.54, 1.807) is 18.0 Å². The molecule has 1 N–H and O–H groups in total. The maximum atomic E-state index is 11.7. The van der Waals surface area contributed by atoms with Crippen molar-refractivity contribution in [3.05, 3.63) is 12.4 Å². The minimum atomic E-state index is 0.0287. The molecule has 1 rings (SSSR count). The Bertz CT molecular complexity index is 368. The second-order valence-corrected chi connectivity index (χ2v) is 6.74. The molecule has 0 aliphatic rings. The summed E-state index contributed by atoms with van der Waals surface area (Å²) in [6.45, 7) is 9.28. The molecule has 0 spiro atoms. The van der Waals surface area contributed by atoms with Crippen molar-refractivity contribution in [2.75, 3.05) is 11.1 Å². The fourth-order valence-electron chi connectivity index (χ4n) is 1.26. The van der Waals surface area contributed by atoms with Gasteiger partial charge >= 0.3 is 0 Å². The van der Waals surface area contributed by atoms with Crippen LogP contribution in [0.4, 0.5) is 5.69 Å². The first-order valence-corrected chi connectivity index (χ1v) is 6.85. The summed E-state index contributed by atoms with van der Waals surface area (Å²) in [5, 5.41) is 7.01. The van der Waals surface area contributed by atoms with Crippen LogP contribution in [0.15, 0.2) is 12.4 Å². The first kappa shape index (κ1) is 14.1. The predicted molar refractivity (Wildman–Crippen MR) is 73.4 cm³/mol. The SMILES string of the molecule is CCCn1cc(NC(=O)CSC(C)(C)C)cn1. The Hall–Kier alpha value is -0.970. The van der Waals surface area contributed by atoms with E-state index in [0.717, 1.165) is 18.7 Å². The molecule has 1 aromatic rings. The van der Waals surface area contributed by atoms with Crippen molar-refractivity contribution >= 4 is 23.4 Å². The zero-order valence-electron chi connectivity index (χ0n) is 11.0. The van der Waals surface area contributed by atoms with Gasteiger partial charge in [-0.2, -0.15) is 5.10 Å². The first-order valence-electron chi connectivity index (χ1n) is 5.87. The highest BCUT2D eigenvalue weighted by atomic mass is 32.2. The van der Waals surface area contributed by atoms with Crippen LogP contribution >= 0.6 is 11.8 Å². The molecule has 0 bridgehead atoms. The number of aryl methyl sites for hydroxylation is 1. The molecule has 17 heavy (non-hydrogen) atoms. The quantitative estimate of drug-likeness (QED) is 0.880. The fourth-order valence-corrected chi connectivity index (χ4v) is 1.89. The number of rotatable bonds is 5. The summed E-state index contributed by atoms with van der Waals surface area (Å²) >= 11 is 1.64. The molecule has 5 heteroatoms. The van der Waals surface area contributed by atoms with Crippen LogP contribution in [0.1, 0.15) is 34.1 Å². The van der Waals surface area contributed by atoms with E-state index in [1.807, 2.05) is 10.9 Å². The lowest BCUT2D eigenvalue weighted by molar-refractivity contribution is -0.113. The zero-order valence-corrected chi connectivity index (χ0v) is 11.8. The van der Waals surface area contributed by atoms with Gasteiger partial charge in [-0.3, -0.25) is 9.48 Å². The summed E-state index contributed by atoms with van der Waals surface area (Å²) in [6.07, 6.45) is 4.59. The van der Waals surface area contributed by atoms with E-state index in [0.29, 0.717) is 5.75 Å². The number of thioether (sulfide) groups is 1. The molecule has 1 amide bonds. The Labute approximate surface area is 107 Å². The van der Waals surface area contributed by atoms with Crippen LogP contribution in [0.5, 0.6) is 0 Å². The monoisotopic (exact) mass is 255 g/mol. The summed E-state index contributed by atoms with van der Waals surface area (Å²) in [5.74, 6) is 0.503.